The van der Waals surface area contributed by atoms with Crippen molar-refractivity contribution in [2.75, 3.05) is 0 Å². The summed E-state index contributed by atoms with van der Waals surface area (Å²) >= 11 is 3.49. The van der Waals surface area contributed by atoms with Crippen molar-refractivity contribution in [2.24, 2.45) is 0 Å². The normalized spacial score (nSPS) is 10.8. The Balaban J connectivity index is 2.14. The Hall–Kier alpha value is -1.23. The van der Waals surface area contributed by atoms with Crippen LogP contribution in [0, 0.1) is 0 Å². The number of halogens is 1. The van der Waals surface area contributed by atoms with E-state index in [0.717, 1.165) is 16.5 Å². The highest BCUT2D eigenvalue weighted by Crippen LogP contribution is 2.25. The fourth-order valence-electron chi connectivity index (χ4n) is 1.99. The Morgan fingerprint density at radius 3 is 2.83 bits per heavy atom. The van der Waals surface area contributed by atoms with Crippen LogP contribution in [-0.4, -0.2) is 20.6 Å². The van der Waals surface area contributed by atoms with E-state index in [1.54, 1.807) is 0 Å². The second kappa shape index (κ2) is 6.64. The summed E-state index contributed by atoms with van der Waals surface area (Å²) in [6.07, 6.45) is 6.11. The minimum absolute atomic E-state index is 0.668. The van der Waals surface area contributed by atoms with Crippen LogP contribution in [0.5, 0.6) is 0 Å². The molecule has 0 fully saturated rings. The average molecular weight is 309 g/mol. The Kier molecular flexibility index (Phi) is 4.87. The first kappa shape index (κ1) is 13.2. The summed E-state index contributed by atoms with van der Waals surface area (Å²) in [5.41, 5.74) is 2.35. The van der Waals surface area contributed by atoms with E-state index in [9.17, 15) is 0 Å². The first-order valence-electron chi connectivity index (χ1n) is 6.33. The molecule has 0 spiro atoms. The van der Waals surface area contributed by atoms with Gasteiger partial charge in [-0.15, -0.1) is 10.2 Å². The summed E-state index contributed by atoms with van der Waals surface area (Å²) < 4.78 is 1.04. The molecule has 5 heteroatoms. The molecule has 0 atom stereocenters. The first-order chi connectivity index (χ1) is 8.81. The molecule has 0 saturated heterocycles. The molecule has 0 saturated carbocycles. The van der Waals surface area contributed by atoms with Crippen molar-refractivity contribution in [1.82, 2.24) is 20.6 Å². The molecule has 18 heavy (non-hydrogen) atoms. The van der Waals surface area contributed by atoms with Gasteiger partial charge < -0.3 is 0 Å². The number of aryl methyl sites for hydroxylation is 1. The number of rotatable bonds is 6. The lowest BCUT2D eigenvalue weighted by molar-refractivity contribution is 0.667. The van der Waals surface area contributed by atoms with Gasteiger partial charge in [-0.25, -0.2) is 0 Å². The fourth-order valence-corrected chi connectivity index (χ4v) is 2.35. The lowest BCUT2D eigenvalue weighted by Gasteiger charge is -2.07. The van der Waals surface area contributed by atoms with E-state index in [1.807, 2.05) is 0 Å². The van der Waals surface area contributed by atoms with E-state index >= 15 is 0 Å². The summed E-state index contributed by atoms with van der Waals surface area (Å²) in [6, 6.07) is 6.26. The second-order valence-corrected chi connectivity index (χ2v) is 5.26. The van der Waals surface area contributed by atoms with Gasteiger partial charge in [-0.2, -0.15) is 5.21 Å². The number of nitrogens with one attached hydrogen (secondary N) is 1. The van der Waals surface area contributed by atoms with E-state index in [0.29, 0.717) is 5.82 Å². The summed E-state index contributed by atoms with van der Waals surface area (Å²) in [4.78, 5) is 0. The van der Waals surface area contributed by atoms with Gasteiger partial charge in [-0.3, -0.25) is 0 Å². The number of tetrazole rings is 1. The largest absolute Gasteiger partial charge is 0.204 e. The number of nitrogens with zero attached hydrogens (tertiary/aromatic N) is 3. The van der Waals surface area contributed by atoms with Crippen molar-refractivity contribution in [3.8, 4) is 11.4 Å². The topological polar surface area (TPSA) is 54.5 Å². The molecule has 1 heterocycles. The van der Waals surface area contributed by atoms with Gasteiger partial charge in [0.25, 0.3) is 0 Å². The molecule has 1 N–H and O–H groups in total. The van der Waals surface area contributed by atoms with E-state index in [-0.39, 0.29) is 0 Å². The highest BCUT2D eigenvalue weighted by Gasteiger charge is 2.09. The second-order valence-electron chi connectivity index (χ2n) is 4.35. The van der Waals surface area contributed by atoms with Gasteiger partial charge in [-0.1, -0.05) is 48.2 Å². The molecule has 0 aliphatic heterocycles. The van der Waals surface area contributed by atoms with Gasteiger partial charge in [0.15, 0.2) is 0 Å². The van der Waals surface area contributed by atoms with Gasteiger partial charge in [-0.05, 0) is 35.8 Å². The first-order valence-corrected chi connectivity index (χ1v) is 7.13. The molecule has 1 aromatic heterocycles. The van der Waals surface area contributed by atoms with Crippen LogP contribution in [0.15, 0.2) is 22.7 Å². The Morgan fingerprint density at radius 2 is 2.11 bits per heavy atom. The van der Waals surface area contributed by atoms with Crippen LogP contribution in [0.1, 0.15) is 38.2 Å². The van der Waals surface area contributed by atoms with Crippen LogP contribution in [0.3, 0.4) is 0 Å². The molecule has 0 aliphatic carbocycles. The third kappa shape index (κ3) is 3.38. The molecule has 0 aliphatic rings. The molecule has 2 rings (SSSR count). The maximum Gasteiger partial charge on any atom is 0.204 e. The highest BCUT2D eigenvalue weighted by atomic mass is 79.9. The molecule has 0 unspecified atom stereocenters. The van der Waals surface area contributed by atoms with Crippen LogP contribution in [0.4, 0.5) is 0 Å². The van der Waals surface area contributed by atoms with Crippen molar-refractivity contribution in [3.63, 3.8) is 0 Å². The Labute approximate surface area is 115 Å². The molecular formula is C13H17BrN4. The van der Waals surface area contributed by atoms with E-state index in [1.165, 1.54) is 31.2 Å². The van der Waals surface area contributed by atoms with Crippen LogP contribution in [-0.2, 0) is 6.42 Å². The van der Waals surface area contributed by atoms with Gasteiger partial charge in [0.05, 0.1) is 0 Å². The van der Waals surface area contributed by atoms with Crippen molar-refractivity contribution in [3.05, 3.63) is 28.2 Å². The van der Waals surface area contributed by atoms with Crippen LogP contribution < -0.4 is 0 Å². The maximum atomic E-state index is 4.06. The van der Waals surface area contributed by atoms with Gasteiger partial charge in [0.2, 0.25) is 5.82 Å². The number of aromatic amines is 1. The predicted molar refractivity (Wildman–Crippen MR) is 75.2 cm³/mol. The predicted octanol–water partition coefficient (Wildman–Crippen LogP) is 3.75. The van der Waals surface area contributed by atoms with E-state index < -0.39 is 0 Å². The number of hydrogen-bond donors (Lipinski definition) is 1. The summed E-state index contributed by atoms with van der Waals surface area (Å²) in [6.45, 7) is 2.23. The smallest absolute Gasteiger partial charge is 0.177 e. The van der Waals surface area contributed by atoms with Gasteiger partial charge in [0, 0.05) is 10.0 Å². The third-order valence-corrected chi connectivity index (χ3v) is 3.45. The maximum absolute atomic E-state index is 4.06. The minimum Gasteiger partial charge on any atom is -0.177 e. The van der Waals surface area contributed by atoms with Gasteiger partial charge >= 0.3 is 0 Å². The molecule has 96 valence electrons. The van der Waals surface area contributed by atoms with Crippen molar-refractivity contribution in [2.45, 2.75) is 39.0 Å². The zero-order valence-electron chi connectivity index (χ0n) is 10.5. The lowest BCUT2D eigenvalue weighted by Crippen LogP contribution is -1.93. The Morgan fingerprint density at radius 1 is 1.22 bits per heavy atom. The number of hydrogen-bond acceptors (Lipinski definition) is 3. The summed E-state index contributed by atoms with van der Waals surface area (Å²) in [5, 5.41) is 14.3. The SMILES string of the molecule is CCCCCCc1ccc(Br)cc1-c1nn[nH]n1. The van der Waals surface area contributed by atoms with Crippen molar-refractivity contribution in [1.29, 1.82) is 0 Å². The molecule has 4 nitrogen and oxygen atoms in total. The Bertz CT molecular complexity index is 482. The highest BCUT2D eigenvalue weighted by molar-refractivity contribution is 9.10. The third-order valence-electron chi connectivity index (χ3n) is 2.96. The average Bonchev–Trinajstić information content (AvgIpc) is 2.90. The van der Waals surface area contributed by atoms with Gasteiger partial charge in [0.1, 0.15) is 0 Å². The van der Waals surface area contributed by atoms with Crippen LogP contribution in [0.2, 0.25) is 0 Å². The molecule has 0 bridgehead atoms. The molecule has 2 aromatic rings. The number of benzene rings is 1. The fraction of sp³-hybridized carbons (Fsp3) is 0.462. The standard InChI is InChI=1S/C13H17BrN4/c1-2-3-4-5-6-10-7-8-11(14)9-12(10)13-15-17-18-16-13/h7-9H,2-6H2,1H3,(H,15,16,17,18). The number of H-pyrrole nitrogens is 1. The number of aromatic nitrogens is 4. The molecule has 1 aromatic carbocycles. The summed E-state index contributed by atoms with van der Waals surface area (Å²) in [7, 11) is 0. The van der Waals surface area contributed by atoms with E-state index in [4.69, 9.17) is 0 Å². The molecular weight excluding hydrogens is 292 g/mol. The lowest BCUT2D eigenvalue weighted by atomic mass is 10.0. The minimum atomic E-state index is 0.668. The summed E-state index contributed by atoms with van der Waals surface area (Å²) in [5.74, 6) is 0.668. The zero-order chi connectivity index (χ0) is 12.8. The monoisotopic (exact) mass is 308 g/mol. The van der Waals surface area contributed by atoms with Crippen LogP contribution >= 0.6 is 15.9 Å². The molecule has 0 radical (unpaired) electrons. The quantitative estimate of drug-likeness (QED) is 0.827. The molecule has 0 amide bonds. The van der Waals surface area contributed by atoms with Crippen molar-refractivity contribution >= 4 is 15.9 Å². The number of unbranched alkanes of at least 4 members (excludes halogenated alkanes) is 3. The zero-order valence-corrected chi connectivity index (χ0v) is 12.1. The van der Waals surface area contributed by atoms with E-state index in [2.05, 4.69) is 61.7 Å². The van der Waals surface area contributed by atoms with Crippen LogP contribution in [0.25, 0.3) is 11.4 Å². The van der Waals surface area contributed by atoms with Crippen molar-refractivity contribution < 1.29 is 0 Å².